The molecule has 4 rings (SSSR count). The van der Waals surface area contributed by atoms with Crippen LogP contribution in [0.2, 0.25) is 0 Å². The van der Waals surface area contributed by atoms with Gasteiger partial charge in [0.1, 0.15) is 0 Å². The van der Waals surface area contributed by atoms with Crippen LogP contribution in [0.3, 0.4) is 0 Å². The molecule has 0 spiro atoms. The van der Waals surface area contributed by atoms with E-state index in [2.05, 4.69) is 5.10 Å². The fourth-order valence-corrected chi connectivity index (χ4v) is 3.66. The van der Waals surface area contributed by atoms with Gasteiger partial charge in [0, 0.05) is 30.8 Å². The number of aromatic nitrogens is 2. The largest absolute Gasteiger partial charge is 0.379 e. The van der Waals surface area contributed by atoms with Gasteiger partial charge >= 0.3 is 0 Å². The van der Waals surface area contributed by atoms with Crippen LogP contribution in [0.25, 0.3) is 5.52 Å². The molecule has 5 heteroatoms. The predicted molar refractivity (Wildman–Crippen MR) is 87.1 cm³/mol. The molecule has 1 saturated carbocycles. The summed E-state index contributed by atoms with van der Waals surface area (Å²) >= 11 is 0. The molecule has 0 aromatic carbocycles. The van der Waals surface area contributed by atoms with Crippen LogP contribution in [0.5, 0.6) is 0 Å². The zero-order chi connectivity index (χ0) is 15.6. The lowest BCUT2D eigenvalue weighted by atomic mass is 9.76. The van der Waals surface area contributed by atoms with Crippen molar-refractivity contribution in [3.63, 3.8) is 0 Å². The van der Waals surface area contributed by atoms with E-state index in [4.69, 9.17) is 4.74 Å². The van der Waals surface area contributed by atoms with Crippen LogP contribution in [0.1, 0.15) is 24.8 Å². The molecule has 1 saturated heterocycles. The molecule has 1 unspecified atom stereocenters. The summed E-state index contributed by atoms with van der Waals surface area (Å²) in [7, 11) is 0. The van der Waals surface area contributed by atoms with E-state index in [0.717, 1.165) is 30.1 Å². The first-order valence-corrected chi connectivity index (χ1v) is 8.58. The molecule has 1 atom stereocenters. The van der Waals surface area contributed by atoms with E-state index < -0.39 is 0 Å². The first-order valence-electron chi connectivity index (χ1n) is 8.58. The van der Waals surface area contributed by atoms with Crippen molar-refractivity contribution in [2.24, 2.45) is 11.8 Å². The van der Waals surface area contributed by atoms with Crippen molar-refractivity contribution in [2.45, 2.75) is 25.7 Å². The highest BCUT2D eigenvalue weighted by molar-refractivity contribution is 5.81. The molecule has 0 radical (unpaired) electrons. The van der Waals surface area contributed by atoms with Gasteiger partial charge in [0.25, 0.3) is 0 Å². The summed E-state index contributed by atoms with van der Waals surface area (Å²) in [4.78, 5) is 14.8. The maximum atomic E-state index is 12.8. The summed E-state index contributed by atoms with van der Waals surface area (Å²) in [6.45, 7) is 3.03. The van der Waals surface area contributed by atoms with Crippen LogP contribution >= 0.6 is 0 Å². The fraction of sp³-hybridized carbons (Fsp3) is 0.556. The molecule has 0 bridgehead atoms. The number of rotatable bonds is 3. The van der Waals surface area contributed by atoms with Crippen molar-refractivity contribution >= 4 is 11.4 Å². The van der Waals surface area contributed by atoms with Gasteiger partial charge in [-0.25, -0.2) is 4.52 Å². The maximum absolute atomic E-state index is 12.8. The highest BCUT2D eigenvalue weighted by Crippen LogP contribution is 2.34. The molecule has 2 aromatic rings. The lowest BCUT2D eigenvalue weighted by molar-refractivity contribution is -0.131. The Balaban J connectivity index is 1.46. The molecule has 2 aliphatic rings. The molecular formula is C18H23N3O2. The Morgan fingerprint density at radius 1 is 1.30 bits per heavy atom. The highest BCUT2D eigenvalue weighted by Gasteiger charge is 2.31. The number of carbonyl (C=O) groups excluding carboxylic acids is 1. The summed E-state index contributed by atoms with van der Waals surface area (Å²) < 4.78 is 7.56. The molecule has 2 aromatic heterocycles. The molecule has 122 valence electrons. The van der Waals surface area contributed by atoms with Crippen molar-refractivity contribution in [1.82, 2.24) is 14.5 Å². The summed E-state index contributed by atoms with van der Waals surface area (Å²) in [6.07, 6.45) is 8.07. The van der Waals surface area contributed by atoms with Crippen LogP contribution in [0.4, 0.5) is 0 Å². The van der Waals surface area contributed by atoms with E-state index >= 15 is 0 Å². The minimum absolute atomic E-state index is 0.193. The van der Waals surface area contributed by atoms with Crippen LogP contribution in [0, 0.1) is 11.8 Å². The maximum Gasteiger partial charge on any atom is 0.227 e. The lowest BCUT2D eigenvalue weighted by Crippen LogP contribution is -2.40. The average Bonchev–Trinajstić information content (AvgIpc) is 2.75. The number of hydrogen-bond acceptors (Lipinski definition) is 3. The van der Waals surface area contributed by atoms with E-state index in [1.54, 1.807) is 0 Å². The van der Waals surface area contributed by atoms with Gasteiger partial charge in [-0.1, -0.05) is 25.3 Å². The van der Waals surface area contributed by atoms with Crippen molar-refractivity contribution in [3.8, 4) is 0 Å². The third kappa shape index (κ3) is 2.98. The Morgan fingerprint density at radius 3 is 3.04 bits per heavy atom. The minimum atomic E-state index is 0.193. The van der Waals surface area contributed by atoms with Crippen LogP contribution < -0.4 is 0 Å². The number of amides is 1. The second-order valence-electron chi connectivity index (χ2n) is 6.74. The zero-order valence-corrected chi connectivity index (χ0v) is 13.4. The van der Waals surface area contributed by atoms with Gasteiger partial charge in [0.05, 0.1) is 31.3 Å². The standard InChI is InChI=1S/C18H23N3O2/c22-18(10-15-11-19-21-7-2-1-6-17(15)21)20-8-9-23-13-16(12-20)14-4-3-5-14/h1-2,6-7,11,14,16H,3-5,8-10,12-13H2. The Morgan fingerprint density at radius 2 is 2.22 bits per heavy atom. The predicted octanol–water partition coefficient (Wildman–Crippen LogP) is 2.15. The van der Waals surface area contributed by atoms with E-state index in [0.29, 0.717) is 25.5 Å². The average molecular weight is 313 g/mol. The topological polar surface area (TPSA) is 46.8 Å². The molecular weight excluding hydrogens is 290 g/mol. The Bertz CT molecular complexity index is 692. The number of pyridine rings is 1. The van der Waals surface area contributed by atoms with Crippen LogP contribution in [-0.4, -0.2) is 46.7 Å². The zero-order valence-electron chi connectivity index (χ0n) is 13.4. The van der Waals surface area contributed by atoms with E-state index in [-0.39, 0.29) is 5.91 Å². The third-order valence-electron chi connectivity index (χ3n) is 5.31. The van der Waals surface area contributed by atoms with Gasteiger partial charge < -0.3 is 9.64 Å². The van der Waals surface area contributed by atoms with Crippen molar-refractivity contribution in [3.05, 3.63) is 36.2 Å². The first-order chi connectivity index (χ1) is 11.3. The molecule has 0 N–H and O–H groups in total. The van der Waals surface area contributed by atoms with Crippen molar-refractivity contribution < 1.29 is 9.53 Å². The molecule has 5 nitrogen and oxygen atoms in total. The number of ether oxygens (including phenoxy) is 1. The quantitative estimate of drug-likeness (QED) is 0.872. The van der Waals surface area contributed by atoms with Crippen molar-refractivity contribution in [1.29, 1.82) is 0 Å². The first kappa shape index (κ1) is 14.7. The van der Waals surface area contributed by atoms with Gasteiger partial charge in [0.15, 0.2) is 0 Å². The van der Waals surface area contributed by atoms with Crippen LogP contribution in [-0.2, 0) is 16.0 Å². The van der Waals surface area contributed by atoms with Gasteiger partial charge in [-0.2, -0.15) is 5.10 Å². The highest BCUT2D eigenvalue weighted by atomic mass is 16.5. The lowest BCUT2D eigenvalue weighted by Gasteiger charge is -2.34. The number of carbonyl (C=O) groups is 1. The summed E-state index contributed by atoms with van der Waals surface area (Å²) in [5.41, 5.74) is 2.02. The molecule has 23 heavy (non-hydrogen) atoms. The second-order valence-corrected chi connectivity index (χ2v) is 6.74. The second kappa shape index (κ2) is 6.32. The van der Waals surface area contributed by atoms with E-state index in [1.807, 2.05) is 40.0 Å². The van der Waals surface area contributed by atoms with Gasteiger partial charge in [0.2, 0.25) is 5.91 Å². The summed E-state index contributed by atoms with van der Waals surface area (Å²) in [5, 5.41) is 4.32. The third-order valence-corrected chi connectivity index (χ3v) is 5.31. The fourth-order valence-electron chi connectivity index (χ4n) is 3.66. The molecule has 1 aliphatic carbocycles. The number of fused-ring (bicyclic) bond motifs is 1. The molecule has 1 aliphatic heterocycles. The minimum Gasteiger partial charge on any atom is -0.379 e. The van der Waals surface area contributed by atoms with Gasteiger partial charge in [-0.3, -0.25) is 4.79 Å². The summed E-state index contributed by atoms with van der Waals surface area (Å²) in [5.74, 6) is 1.46. The smallest absolute Gasteiger partial charge is 0.227 e. The van der Waals surface area contributed by atoms with Crippen LogP contribution in [0.15, 0.2) is 30.6 Å². The van der Waals surface area contributed by atoms with Gasteiger partial charge in [-0.05, 0) is 18.1 Å². The SMILES string of the molecule is O=C(Cc1cnn2ccccc12)N1CCOCC(C2CCC2)C1. The number of nitrogens with zero attached hydrogens (tertiary/aromatic N) is 3. The Hall–Kier alpha value is -1.88. The molecule has 1 amide bonds. The Kier molecular flexibility index (Phi) is 4.04. The monoisotopic (exact) mass is 313 g/mol. The van der Waals surface area contributed by atoms with E-state index in [1.165, 1.54) is 19.3 Å². The number of hydrogen-bond donors (Lipinski definition) is 0. The van der Waals surface area contributed by atoms with Gasteiger partial charge in [-0.15, -0.1) is 0 Å². The Labute approximate surface area is 136 Å². The molecule has 2 fully saturated rings. The van der Waals surface area contributed by atoms with Crippen molar-refractivity contribution in [2.75, 3.05) is 26.3 Å². The molecule has 3 heterocycles. The summed E-state index contributed by atoms with van der Waals surface area (Å²) in [6, 6.07) is 5.94. The normalized spacial score (nSPS) is 22.8. The van der Waals surface area contributed by atoms with E-state index in [9.17, 15) is 4.79 Å².